The number of nitrogens with two attached hydrogens (primary N) is 1. The maximum atomic E-state index is 13.0. The van der Waals surface area contributed by atoms with Gasteiger partial charge in [0.05, 0.1) is 16.1 Å². The van der Waals surface area contributed by atoms with Crippen LogP contribution in [0.1, 0.15) is 53.0 Å². The fraction of sp³-hybridized carbons (Fsp3) is 0.391. The SMILES string of the molecule is CCN(CC)S(=O)(=O)c1ccc(N2CCCC2)c(C(=O)OCc2ccc(C(N)=O)cc2)c1. The molecule has 8 nitrogen and oxygen atoms in total. The number of esters is 1. The van der Waals surface area contributed by atoms with Gasteiger partial charge < -0.3 is 15.4 Å². The lowest BCUT2D eigenvalue weighted by Crippen LogP contribution is -2.31. The highest BCUT2D eigenvalue weighted by atomic mass is 32.2. The number of carbonyl (C=O) groups excluding carboxylic acids is 2. The Morgan fingerprint density at radius 2 is 1.66 bits per heavy atom. The third-order valence-electron chi connectivity index (χ3n) is 5.59. The molecule has 2 aromatic carbocycles. The van der Waals surface area contributed by atoms with E-state index in [1.165, 1.54) is 10.4 Å². The number of sulfonamides is 1. The van der Waals surface area contributed by atoms with Gasteiger partial charge in [0.2, 0.25) is 15.9 Å². The molecule has 1 aliphatic heterocycles. The van der Waals surface area contributed by atoms with Crippen LogP contribution in [0.15, 0.2) is 47.4 Å². The Morgan fingerprint density at radius 3 is 2.22 bits per heavy atom. The zero-order chi connectivity index (χ0) is 23.3. The number of anilines is 1. The minimum Gasteiger partial charge on any atom is -0.457 e. The van der Waals surface area contributed by atoms with Crippen LogP contribution in [0.3, 0.4) is 0 Å². The number of amides is 1. The summed E-state index contributed by atoms with van der Waals surface area (Å²) in [5, 5.41) is 0. The van der Waals surface area contributed by atoms with Crippen molar-refractivity contribution in [2.75, 3.05) is 31.1 Å². The molecule has 2 aromatic rings. The van der Waals surface area contributed by atoms with E-state index >= 15 is 0 Å². The van der Waals surface area contributed by atoms with Gasteiger partial charge in [0.1, 0.15) is 6.61 Å². The maximum absolute atomic E-state index is 13.0. The van der Waals surface area contributed by atoms with E-state index in [-0.39, 0.29) is 17.1 Å². The largest absolute Gasteiger partial charge is 0.457 e. The number of carbonyl (C=O) groups is 2. The average Bonchev–Trinajstić information content (AvgIpc) is 3.32. The molecule has 0 radical (unpaired) electrons. The minimum atomic E-state index is -3.71. The molecule has 0 atom stereocenters. The average molecular weight is 460 g/mol. The molecule has 0 spiro atoms. The Bertz CT molecular complexity index is 1070. The van der Waals surface area contributed by atoms with Crippen molar-refractivity contribution < 1.29 is 22.7 Å². The topological polar surface area (TPSA) is 110 Å². The van der Waals surface area contributed by atoms with Crippen LogP contribution in [-0.4, -0.2) is 50.8 Å². The van der Waals surface area contributed by atoms with Gasteiger partial charge in [0.15, 0.2) is 0 Å². The van der Waals surface area contributed by atoms with E-state index in [9.17, 15) is 18.0 Å². The van der Waals surface area contributed by atoms with E-state index in [1.54, 1.807) is 50.2 Å². The molecule has 0 bridgehead atoms. The van der Waals surface area contributed by atoms with Crippen LogP contribution in [0.2, 0.25) is 0 Å². The summed E-state index contributed by atoms with van der Waals surface area (Å²) in [6, 6.07) is 11.1. The normalized spacial score (nSPS) is 14.0. The Labute approximate surface area is 189 Å². The van der Waals surface area contributed by atoms with E-state index in [2.05, 4.69) is 4.90 Å². The van der Waals surface area contributed by atoms with Crippen molar-refractivity contribution in [3.8, 4) is 0 Å². The van der Waals surface area contributed by atoms with Crippen molar-refractivity contribution in [1.82, 2.24) is 4.31 Å². The Hall–Kier alpha value is -2.91. The summed E-state index contributed by atoms with van der Waals surface area (Å²) in [5.41, 5.74) is 7.21. The summed E-state index contributed by atoms with van der Waals surface area (Å²) in [6.07, 6.45) is 2.03. The van der Waals surface area contributed by atoms with E-state index in [1.807, 2.05) is 0 Å². The summed E-state index contributed by atoms with van der Waals surface area (Å²) in [6.45, 7) is 5.83. The van der Waals surface area contributed by atoms with Crippen molar-refractivity contribution in [2.45, 2.75) is 38.2 Å². The summed E-state index contributed by atoms with van der Waals surface area (Å²) in [7, 11) is -3.71. The van der Waals surface area contributed by atoms with Crippen molar-refractivity contribution in [3.63, 3.8) is 0 Å². The molecule has 9 heteroatoms. The van der Waals surface area contributed by atoms with Crippen molar-refractivity contribution in [3.05, 3.63) is 59.2 Å². The van der Waals surface area contributed by atoms with Crippen LogP contribution in [0.5, 0.6) is 0 Å². The van der Waals surface area contributed by atoms with Crippen LogP contribution in [0, 0.1) is 0 Å². The van der Waals surface area contributed by atoms with Gasteiger partial charge in [0.25, 0.3) is 0 Å². The van der Waals surface area contributed by atoms with Crippen LogP contribution in [-0.2, 0) is 21.4 Å². The molecule has 1 fully saturated rings. The highest BCUT2D eigenvalue weighted by Crippen LogP contribution is 2.29. The number of nitrogens with zero attached hydrogens (tertiary/aromatic N) is 2. The number of hydrogen-bond acceptors (Lipinski definition) is 6. The molecule has 3 rings (SSSR count). The first-order valence-electron chi connectivity index (χ1n) is 10.7. The van der Waals surface area contributed by atoms with Gasteiger partial charge in [-0.15, -0.1) is 0 Å². The number of primary amides is 1. The van der Waals surface area contributed by atoms with Gasteiger partial charge in [-0.25, -0.2) is 13.2 Å². The van der Waals surface area contributed by atoms with Crippen molar-refractivity contribution >= 4 is 27.6 Å². The van der Waals surface area contributed by atoms with Crippen LogP contribution < -0.4 is 10.6 Å². The third-order valence-corrected chi connectivity index (χ3v) is 7.63. The summed E-state index contributed by atoms with van der Waals surface area (Å²) in [5.74, 6) is -1.13. The van der Waals surface area contributed by atoms with Gasteiger partial charge in [-0.1, -0.05) is 26.0 Å². The van der Waals surface area contributed by atoms with Gasteiger partial charge in [0, 0.05) is 31.7 Å². The molecular formula is C23H29N3O5S. The molecule has 0 unspecified atom stereocenters. The van der Waals surface area contributed by atoms with E-state index in [4.69, 9.17) is 10.5 Å². The number of rotatable bonds is 9. The Kier molecular flexibility index (Phi) is 7.52. The number of hydrogen-bond donors (Lipinski definition) is 1. The lowest BCUT2D eigenvalue weighted by Gasteiger charge is -2.23. The Morgan fingerprint density at radius 1 is 1.03 bits per heavy atom. The van der Waals surface area contributed by atoms with Gasteiger partial charge in [-0.05, 0) is 48.7 Å². The fourth-order valence-corrected chi connectivity index (χ4v) is 5.26. The molecule has 0 aliphatic carbocycles. The molecule has 1 heterocycles. The van der Waals surface area contributed by atoms with E-state index in [0.29, 0.717) is 29.9 Å². The molecule has 0 saturated carbocycles. The van der Waals surface area contributed by atoms with Crippen LogP contribution in [0.4, 0.5) is 5.69 Å². The van der Waals surface area contributed by atoms with Crippen molar-refractivity contribution in [2.24, 2.45) is 5.73 Å². The van der Waals surface area contributed by atoms with Crippen LogP contribution in [0.25, 0.3) is 0 Å². The minimum absolute atomic E-state index is 0.00959. The molecule has 172 valence electrons. The molecular weight excluding hydrogens is 430 g/mol. The van der Waals surface area contributed by atoms with Gasteiger partial charge in [-0.2, -0.15) is 4.31 Å². The van der Waals surface area contributed by atoms with Gasteiger partial charge in [-0.3, -0.25) is 4.79 Å². The standard InChI is InChI=1S/C23H29N3O5S/c1-3-26(4-2)32(29,30)19-11-12-21(25-13-5-6-14-25)20(15-19)23(28)31-16-17-7-9-18(10-8-17)22(24)27/h7-12,15H,3-6,13-14,16H2,1-2H3,(H2,24,27). The highest BCUT2D eigenvalue weighted by Gasteiger charge is 2.27. The zero-order valence-electron chi connectivity index (χ0n) is 18.4. The second kappa shape index (κ2) is 10.1. The molecule has 2 N–H and O–H groups in total. The molecule has 1 aliphatic rings. The number of benzene rings is 2. The lowest BCUT2D eigenvalue weighted by molar-refractivity contribution is 0.0473. The first kappa shape index (κ1) is 23.7. The Balaban J connectivity index is 1.89. The first-order valence-corrected chi connectivity index (χ1v) is 12.2. The first-order chi connectivity index (χ1) is 15.3. The van der Waals surface area contributed by atoms with Crippen LogP contribution >= 0.6 is 0 Å². The predicted molar refractivity (Wildman–Crippen MR) is 122 cm³/mol. The van der Waals surface area contributed by atoms with Gasteiger partial charge >= 0.3 is 5.97 Å². The third kappa shape index (κ3) is 5.11. The zero-order valence-corrected chi connectivity index (χ0v) is 19.2. The summed E-state index contributed by atoms with van der Waals surface area (Å²) in [4.78, 5) is 26.4. The lowest BCUT2D eigenvalue weighted by atomic mass is 10.1. The van der Waals surface area contributed by atoms with E-state index in [0.717, 1.165) is 25.9 Å². The predicted octanol–water partition coefficient (Wildman–Crippen LogP) is 2.77. The molecule has 0 aromatic heterocycles. The second-order valence-electron chi connectivity index (χ2n) is 7.60. The fourth-order valence-electron chi connectivity index (χ4n) is 3.78. The highest BCUT2D eigenvalue weighted by molar-refractivity contribution is 7.89. The monoisotopic (exact) mass is 459 g/mol. The summed E-state index contributed by atoms with van der Waals surface area (Å²) >= 11 is 0. The summed E-state index contributed by atoms with van der Waals surface area (Å²) < 4.78 is 32.8. The van der Waals surface area contributed by atoms with E-state index < -0.39 is 21.9 Å². The number of ether oxygens (including phenoxy) is 1. The second-order valence-corrected chi connectivity index (χ2v) is 9.54. The maximum Gasteiger partial charge on any atom is 0.340 e. The molecule has 1 amide bonds. The quantitative estimate of drug-likeness (QED) is 0.578. The smallest absolute Gasteiger partial charge is 0.340 e. The molecule has 1 saturated heterocycles. The molecule has 32 heavy (non-hydrogen) atoms. The van der Waals surface area contributed by atoms with Crippen molar-refractivity contribution in [1.29, 1.82) is 0 Å².